The number of hydrogen-bond donors (Lipinski definition) is 1. The third-order valence-corrected chi connectivity index (χ3v) is 4.30. The molecule has 0 spiro atoms. The zero-order valence-electron chi connectivity index (χ0n) is 13.0. The Bertz CT molecular complexity index is 798. The van der Waals surface area contributed by atoms with E-state index in [1.807, 2.05) is 12.1 Å². The fourth-order valence-corrected chi connectivity index (χ4v) is 3.00. The topological polar surface area (TPSA) is 64.0 Å². The largest absolute Gasteiger partial charge is 0.352 e. The minimum Gasteiger partial charge on any atom is -0.352 e. The summed E-state index contributed by atoms with van der Waals surface area (Å²) in [6.07, 6.45) is 3.27. The lowest BCUT2D eigenvalue weighted by Crippen LogP contribution is -2.32. The number of thioether (sulfide) groups is 1. The summed E-state index contributed by atoms with van der Waals surface area (Å²) >= 11 is 1.26. The maximum Gasteiger partial charge on any atom is 0.262 e. The molecule has 2 rings (SSSR count). The lowest BCUT2D eigenvalue weighted by atomic mass is 10.2. The van der Waals surface area contributed by atoms with Gasteiger partial charge >= 0.3 is 0 Å². The molecule has 1 N–H and O–H groups in total. The predicted octanol–water partition coefficient (Wildman–Crippen LogP) is 2.37. The molecule has 1 atom stereocenters. The summed E-state index contributed by atoms with van der Waals surface area (Å²) in [7, 11) is 0. The van der Waals surface area contributed by atoms with Gasteiger partial charge in [-0.05, 0) is 19.1 Å². The van der Waals surface area contributed by atoms with Crippen LogP contribution in [0.4, 0.5) is 0 Å². The van der Waals surface area contributed by atoms with E-state index in [1.54, 1.807) is 31.2 Å². The molecule has 120 valence electrons. The van der Waals surface area contributed by atoms with Crippen LogP contribution in [0.15, 0.2) is 59.5 Å². The first-order valence-corrected chi connectivity index (χ1v) is 8.12. The van der Waals surface area contributed by atoms with Crippen LogP contribution in [-0.2, 0) is 11.3 Å². The van der Waals surface area contributed by atoms with Gasteiger partial charge in [0.15, 0.2) is 5.16 Å². The number of hydrogen-bond acceptors (Lipinski definition) is 4. The molecule has 0 aliphatic heterocycles. The Morgan fingerprint density at radius 1 is 1.39 bits per heavy atom. The van der Waals surface area contributed by atoms with Crippen LogP contribution in [-0.4, -0.2) is 27.3 Å². The highest BCUT2D eigenvalue weighted by Crippen LogP contribution is 2.22. The summed E-state index contributed by atoms with van der Waals surface area (Å²) in [6.45, 7) is 9.79. The van der Waals surface area contributed by atoms with Crippen LogP contribution in [0.5, 0.6) is 0 Å². The van der Waals surface area contributed by atoms with Crippen molar-refractivity contribution in [3.05, 3.63) is 59.9 Å². The molecule has 0 saturated carbocycles. The molecule has 5 nitrogen and oxygen atoms in total. The van der Waals surface area contributed by atoms with Crippen LogP contribution in [0.25, 0.3) is 10.9 Å². The predicted molar refractivity (Wildman–Crippen MR) is 94.7 cm³/mol. The summed E-state index contributed by atoms with van der Waals surface area (Å²) in [5.74, 6) is -0.123. The fraction of sp³-hybridized carbons (Fsp3) is 0.235. The molecule has 1 amide bonds. The van der Waals surface area contributed by atoms with E-state index in [-0.39, 0.29) is 16.7 Å². The molecule has 6 heteroatoms. The summed E-state index contributed by atoms with van der Waals surface area (Å²) in [5, 5.41) is 3.43. The number of carbonyl (C=O) groups is 1. The first-order chi connectivity index (χ1) is 11.1. The number of nitrogens with zero attached hydrogens (tertiary/aromatic N) is 2. The van der Waals surface area contributed by atoms with E-state index in [4.69, 9.17) is 0 Å². The van der Waals surface area contributed by atoms with Crippen LogP contribution >= 0.6 is 11.8 Å². The maximum absolute atomic E-state index is 12.6. The third-order valence-electron chi connectivity index (χ3n) is 3.21. The summed E-state index contributed by atoms with van der Waals surface area (Å²) in [5.41, 5.74) is 0.496. The maximum atomic E-state index is 12.6. The molecule has 0 aliphatic rings. The first-order valence-electron chi connectivity index (χ1n) is 7.24. The Hall–Kier alpha value is -2.34. The van der Waals surface area contributed by atoms with Crippen molar-refractivity contribution in [1.82, 2.24) is 14.9 Å². The van der Waals surface area contributed by atoms with Gasteiger partial charge in [0.05, 0.1) is 16.2 Å². The number of amides is 1. The lowest BCUT2D eigenvalue weighted by Gasteiger charge is -2.15. The second-order valence-corrected chi connectivity index (χ2v) is 6.22. The van der Waals surface area contributed by atoms with Crippen molar-refractivity contribution in [1.29, 1.82) is 0 Å². The molecule has 1 aromatic heterocycles. The van der Waals surface area contributed by atoms with E-state index in [1.165, 1.54) is 16.3 Å². The van der Waals surface area contributed by atoms with E-state index >= 15 is 0 Å². The van der Waals surface area contributed by atoms with E-state index in [2.05, 4.69) is 23.5 Å². The average Bonchev–Trinajstić information content (AvgIpc) is 2.56. The van der Waals surface area contributed by atoms with Crippen LogP contribution in [0.3, 0.4) is 0 Å². The number of allylic oxidation sites excluding steroid dienone is 1. The molecular formula is C17H19N3O2S. The van der Waals surface area contributed by atoms with Gasteiger partial charge in [0.2, 0.25) is 5.91 Å². The van der Waals surface area contributed by atoms with E-state index in [9.17, 15) is 9.59 Å². The van der Waals surface area contributed by atoms with Crippen LogP contribution in [0, 0.1) is 0 Å². The molecule has 0 aliphatic carbocycles. The number of para-hydroxylation sites is 1. The molecule has 0 bridgehead atoms. The van der Waals surface area contributed by atoms with Gasteiger partial charge in [0, 0.05) is 13.1 Å². The Kier molecular flexibility index (Phi) is 5.76. The monoisotopic (exact) mass is 329 g/mol. The van der Waals surface area contributed by atoms with Crippen molar-refractivity contribution < 1.29 is 4.79 Å². The Balaban J connectivity index is 2.40. The van der Waals surface area contributed by atoms with E-state index < -0.39 is 0 Å². The van der Waals surface area contributed by atoms with Crippen LogP contribution in [0.2, 0.25) is 0 Å². The number of carbonyl (C=O) groups excluding carboxylic acids is 1. The number of fused-ring (bicyclic) bond motifs is 1. The summed E-state index contributed by atoms with van der Waals surface area (Å²) < 4.78 is 1.54. The van der Waals surface area contributed by atoms with Gasteiger partial charge in [-0.3, -0.25) is 14.2 Å². The lowest BCUT2D eigenvalue weighted by molar-refractivity contribution is -0.120. The van der Waals surface area contributed by atoms with Gasteiger partial charge < -0.3 is 5.32 Å². The molecule has 0 fully saturated rings. The number of rotatable bonds is 7. The zero-order valence-corrected chi connectivity index (χ0v) is 13.8. The Morgan fingerprint density at radius 3 is 2.83 bits per heavy atom. The van der Waals surface area contributed by atoms with Crippen molar-refractivity contribution in [2.75, 3.05) is 6.54 Å². The van der Waals surface area contributed by atoms with Crippen molar-refractivity contribution in [2.45, 2.75) is 23.9 Å². The molecular weight excluding hydrogens is 310 g/mol. The molecule has 0 unspecified atom stereocenters. The SMILES string of the molecule is C=CCNC(=O)[C@@H](C)Sc1nc2ccccc2c(=O)n1CC=C. The Labute approximate surface area is 139 Å². The highest BCUT2D eigenvalue weighted by Gasteiger charge is 2.18. The minimum absolute atomic E-state index is 0.123. The molecule has 1 heterocycles. The van der Waals surface area contributed by atoms with Crippen LogP contribution in [0.1, 0.15) is 6.92 Å². The average molecular weight is 329 g/mol. The number of nitrogens with one attached hydrogen (secondary N) is 1. The summed E-state index contributed by atoms with van der Waals surface area (Å²) in [4.78, 5) is 29.2. The molecule has 0 saturated heterocycles. The van der Waals surface area contributed by atoms with Gasteiger partial charge in [0.25, 0.3) is 5.56 Å². The van der Waals surface area contributed by atoms with Gasteiger partial charge in [-0.2, -0.15) is 0 Å². The van der Waals surface area contributed by atoms with Crippen molar-refractivity contribution in [2.24, 2.45) is 0 Å². The second-order valence-electron chi connectivity index (χ2n) is 4.91. The highest BCUT2D eigenvalue weighted by molar-refractivity contribution is 8.00. The van der Waals surface area contributed by atoms with Gasteiger partial charge in [-0.15, -0.1) is 13.2 Å². The molecule has 2 aromatic rings. The first kappa shape index (κ1) is 17.0. The smallest absolute Gasteiger partial charge is 0.262 e. The standard InChI is InChI=1S/C17H19N3O2S/c1-4-10-18-15(21)12(3)23-17-19-14-9-7-6-8-13(14)16(22)20(17)11-5-2/h4-9,12H,1-2,10-11H2,3H3,(H,18,21)/t12-/m1/s1. The fourth-order valence-electron chi connectivity index (χ4n) is 2.06. The molecule has 0 radical (unpaired) electrons. The van der Waals surface area contributed by atoms with Gasteiger partial charge in [-0.1, -0.05) is 36.0 Å². The molecule has 1 aromatic carbocycles. The Morgan fingerprint density at radius 2 is 2.13 bits per heavy atom. The zero-order chi connectivity index (χ0) is 16.8. The van der Waals surface area contributed by atoms with Crippen molar-refractivity contribution in [3.8, 4) is 0 Å². The highest BCUT2D eigenvalue weighted by atomic mass is 32.2. The van der Waals surface area contributed by atoms with Gasteiger partial charge in [0.1, 0.15) is 0 Å². The van der Waals surface area contributed by atoms with Crippen molar-refractivity contribution in [3.63, 3.8) is 0 Å². The van der Waals surface area contributed by atoms with E-state index in [0.717, 1.165) is 0 Å². The third kappa shape index (κ3) is 3.90. The molecule has 23 heavy (non-hydrogen) atoms. The van der Waals surface area contributed by atoms with Crippen molar-refractivity contribution >= 4 is 28.6 Å². The minimum atomic E-state index is -0.376. The van der Waals surface area contributed by atoms with E-state index in [0.29, 0.717) is 29.1 Å². The normalized spacial score (nSPS) is 11.9. The summed E-state index contributed by atoms with van der Waals surface area (Å²) in [6, 6.07) is 7.18. The second kappa shape index (κ2) is 7.78. The van der Waals surface area contributed by atoms with Gasteiger partial charge in [-0.25, -0.2) is 4.98 Å². The number of benzene rings is 1. The number of aromatic nitrogens is 2. The van der Waals surface area contributed by atoms with Crippen LogP contribution < -0.4 is 10.9 Å². The quantitative estimate of drug-likeness (QED) is 0.481.